The van der Waals surface area contributed by atoms with Crippen molar-refractivity contribution in [2.75, 3.05) is 6.54 Å². The van der Waals surface area contributed by atoms with Gasteiger partial charge in [0.25, 0.3) is 11.5 Å². The number of amides is 1. The number of aromatic amines is 1. The smallest absolute Gasteiger partial charge is 0.263 e. The van der Waals surface area contributed by atoms with Gasteiger partial charge in [0.15, 0.2) is 0 Å². The minimum atomic E-state index is -0.412. The van der Waals surface area contributed by atoms with E-state index in [1.807, 2.05) is 30.3 Å². The van der Waals surface area contributed by atoms with E-state index in [4.69, 9.17) is 0 Å². The summed E-state index contributed by atoms with van der Waals surface area (Å²) in [5, 5.41) is 2.71. The van der Waals surface area contributed by atoms with Gasteiger partial charge in [-0.25, -0.2) is 4.98 Å². The van der Waals surface area contributed by atoms with Crippen molar-refractivity contribution in [2.24, 2.45) is 0 Å². The van der Waals surface area contributed by atoms with Crippen molar-refractivity contribution in [3.63, 3.8) is 0 Å². The van der Waals surface area contributed by atoms with Crippen LogP contribution >= 0.6 is 0 Å². The molecule has 5 heteroatoms. The molecule has 19 heavy (non-hydrogen) atoms. The summed E-state index contributed by atoms with van der Waals surface area (Å²) in [6.07, 6.45) is 2.02. The number of rotatable bonds is 4. The number of carbonyl (C=O) groups excluding carboxylic acids is 1. The molecule has 1 heterocycles. The lowest BCUT2D eigenvalue weighted by Crippen LogP contribution is -2.31. The summed E-state index contributed by atoms with van der Waals surface area (Å²) in [7, 11) is 0. The topological polar surface area (TPSA) is 74.8 Å². The average Bonchev–Trinajstić information content (AvgIpc) is 2.39. The first-order valence-electron chi connectivity index (χ1n) is 6.05. The Kier molecular flexibility index (Phi) is 4.07. The lowest BCUT2D eigenvalue weighted by molar-refractivity contribution is 0.0952. The summed E-state index contributed by atoms with van der Waals surface area (Å²) in [6.45, 7) is 2.15. The highest BCUT2D eigenvalue weighted by Crippen LogP contribution is 1.98. The minimum Gasteiger partial charge on any atom is -0.351 e. The molecule has 2 N–H and O–H groups in total. The Morgan fingerprint density at radius 3 is 2.74 bits per heavy atom. The largest absolute Gasteiger partial charge is 0.351 e. The number of hydrogen-bond acceptors (Lipinski definition) is 3. The molecule has 0 aliphatic rings. The number of nitrogens with one attached hydrogen (secondary N) is 2. The molecule has 0 unspecified atom stereocenters. The van der Waals surface area contributed by atoms with Crippen LogP contribution in [-0.4, -0.2) is 22.4 Å². The van der Waals surface area contributed by atoms with Crippen LogP contribution in [0.5, 0.6) is 0 Å². The highest BCUT2D eigenvalue weighted by Gasteiger charge is 2.10. The monoisotopic (exact) mass is 257 g/mol. The van der Waals surface area contributed by atoms with Crippen molar-refractivity contribution >= 4 is 5.91 Å². The van der Waals surface area contributed by atoms with Crippen LogP contribution in [0.2, 0.25) is 0 Å². The van der Waals surface area contributed by atoms with Crippen molar-refractivity contribution in [3.05, 3.63) is 63.8 Å². The van der Waals surface area contributed by atoms with Gasteiger partial charge in [0.2, 0.25) is 0 Å². The van der Waals surface area contributed by atoms with Crippen LogP contribution in [0, 0.1) is 6.92 Å². The zero-order valence-electron chi connectivity index (χ0n) is 10.6. The number of nitrogens with zero attached hydrogens (tertiary/aromatic N) is 1. The number of aromatic nitrogens is 2. The van der Waals surface area contributed by atoms with Crippen molar-refractivity contribution in [1.82, 2.24) is 15.3 Å². The molecule has 0 aliphatic carbocycles. The molecule has 0 atom stereocenters. The number of carbonyl (C=O) groups is 1. The first kappa shape index (κ1) is 13.0. The van der Waals surface area contributed by atoms with Gasteiger partial charge >= 0.3 is 0 Å². The lowest BCUT2D eigenvalue weighted by Gasteiger charge is -2.04. The second-order valence-corrected chi connectivity index (χ2v) is 4.20. The molecule has 0 saturated carbocycles. The molecule has 1 aromatic heterocycles. The average molecular weight is 257 g/mol. The van der Waals surface area contributed by atoms with E-state index in [-0.39, 0.29) is 5.56 Å². The fraction of sp³-hybridized carbons (Fsp3) is 0.214. The lowest BCUT2D eigenvalue weighted by atomic mass is 10.1. The van der Waals surface area contributed by atoms with Crippen LogP contribution < -0.4 is 10.9 Å². The summed E-state index contributed by atoms with van der Waals surface area (Å²) in [5.74, 6) is 0.0931. The van der Waals surface area contributed by atoms with Crippen LogP contribution in [0.4, 0.5) is 0 Å². The molecule has 98 valence electrons. The molecule has 1 amide bonds. The summed E-state index contributed by atoms with van der Waals surface area (Å²) in [4.78, 5) is 29.8. The molecule has 0 radical (unpaired) electrons. The van der Waals surface area contributed by atoms with Gasteiger partial charge in [-0.2, -0.15) is 0 Å². The number of aryl methyl sites for hydroxylation is 1. The first-order valence-corrected chi connectivity index (χ1v) is 6.05. The van der Waals surface area contributed by atoms with Crippen LogP contribution in [-0.2, 0) is 6.42 Å². The molecule has 2 aromatic rings. The molecule has 0 spiro atoms. The van der Waals surface area contributed by atoms with E-state index in [0.717, 1.165) is 12.0 Å². The highest BCUT2D eigenvalue weighted by atomic mass is 16.2. The second-order valence-electron chi connectivity index (χ2n) is 4.20. The van der Waals surface area contributed by atoms with E-state index in [2.05, 4.69) is 15.3 Å². The van der Waals surface area contributed by atoms with E-state index < -0.39 is 11.5 Å². The Morgan fingerprint density at radius 2 is 2.05 bits per heavy atom. The van der Waals surface area contributed by atoms with E-state index in [9.17, 15) is 9.59 Å². The molecule has 5 nitrogen and oxygen atoms in total. The molecule has 0 fully saturated rings. The van der Waals surface area contributed by atoms with Gasteiger partial charge in [-0.15, -0.1) is 0 Å². The number of benzene rings is 1. The third-order valence-corrected chi connectivity index (χ3v) is 2.71. The summed E-state index contributed by atoms with van der Waals surface area (Å²) in [5.41, 5.74) is 0.766. The van der Waals surface area contributed by atoms with Crippen LogP contribution in [0.15, 0.2) is 41.3 Å². The molecular weight excluding hydrogens is 242 g/mol. The Balaban J connectivity index is 1.93. The maximum absolute atomic E-state index is 11.8. The number of hydrogen-bond donors (Lipinski definition) is 2. The van der Waals surface area contributed by atoms with Gasteiger partial charge in [-0.3, -0.25) is 9.59 Å². The first-order chi connectivity index (χ1) is 9.16. The Hall–Kier alpha value is -2.43. The molecule has 0 saturated heterocycles. The maximum atomic E-state index is 11.8. The van der Waals surface area contributed by atoms with Gasteiger partial charge in [0.05, 0.1) is 0 Å². The highest BCUT2D eigenvalue weighted by molar-refractivity contribution is 5.93. The Bertz CT molecular complexity index is 620. The van der Waals surface area contributed by atoms with Crippen molar-refractivity contribution < 1.29 is 4.79 Å². The normalized spacial score (nSPS) is 10.2. The molecule has 0 aliphatic heterocycles. The molecule has 0 bridgehead atoms. The Morgan fingerprint density at radius 1 is 1.32 bits per heavy atom. The van der Waals surface area contributed by atoms with Crippen LogP contribution in [0.1, 0.15) is 21.7 Å². The maximum Gasteiger partial charge on any atom is 0.263 e. The van der Waals surface area contributed by atoms with Crippen LogP contribution in [0.3, 0.4) is 0 Å². The van der Waals surface area contributed by atoms with Crippen LogP contribution in [0.25, 0.3) is 0 Å². The van der Waals surface area contributed by atoms with E-state index in [0.29, 0.717) is 12.4 Å². The van der Waals surface area contributed by atoms with E-state index in [1.54, 1.807) is 6.92 Å². The fourth-order valence-corrected chi connectivity index (χ4v) is 1.71. The summed E-state index contributed by atoms with van der Waals surface area (Å²) >= 11 is 0. The number of H-pyrrole nitrogens is 1. The third-order valence-electron chi connectivity index (χ3n) is 2.71. The van der Waals surface area contributed by atoms with Crippen molar-refractivity contribution in [3.8, 4) is 0 Å². The molecular formula is C14H15N3O2. The predicted molar refractivity (Wildman–Crippen MR) is 72.1 cm³/mol. The summed E-state index contributed by atoms with van der Waals surface area (Å²) < 4.78 is 0. The summed E-state index contributed by atoms with van der Waals surface area (Å²) in [6, 6.07) is 9.83. The van der Waals surface area contributed by atoms with Gasteiger partial charge in [0.1, 0.15) is 11.4 Å². The SMILES string of the molecule is Cc1ncc(C(=O)NCCc2ccccc2)c(=O)[nH]1. The third kappa shape index (κ3) is 3.51. The quantitative estimate of drug-likeness (QED) is 0.859. The second kappa shape index (κ2) is 5.95. The predicted octanol–water partition coefficient (Wildman–Crippen LogP) is 1.05. The van der Waals surface area contributed by atoms with E-state index >= 15 is 0 Å². The van der Waals surface area contributed by atoms with E-state index in [1.165, 1.54) is 6.20 Å². The van der Waals surface area contributed by atoms with Gasteiger partial charge in [-0.1, -0.05) is 30.3 Å². The standard InChI is InChI=1S/C14H15N3O2/c1-10-16-9-12(14(19)17-10)13(18)15-8-7-11-5-3-2-4-6-11/h2-6,9H,7-8H2,1H3,(H,15,18)(H,16,17,19). The zero-order valence-corrected chi connectivity index (χ0v) is 10.6. The fourth-order valence-electron chi connectivity index (χ4n) is 1.71. The van der Waals surface area contributed by atoms with Gasteiger partial charge in [-0.05, 0) is 18.9 Å². The zero-order chi connectivity index (χ0) is 13.7. The molecule has 1 aromatic carbocycles. The van der Waals surface area contributed by atoms with Crippen molar-refractivity contribution in [1.29, 1.82) is 0 Å². The van der Waals surface area contributed by atoms with Gasteiger partial charge in [0, 0.05) is 12.7 Å². The van der Waals surface area contributed by atoms with Crippen molar-refractivity contribution in [2.45, 2.75) is 13.3 Å². The Labute approximate surface area is 110 Å². The van der Waals surface area contributed by atoms with Gasteiger partial charge < -0.3 is 10.3 Å². The minimum absolute atomic E-state index is 0.0404. The molecule has 2 rings (SSSR count).